The fourth-order valence-corrected chi connectivity index (χ4v) is 3.43. The molecule has 0 aliphatic carbocycles. The van der Waals surface area contributed by atoms with Crippen molar-refractivity contribution in [2.24, 2.45) is 0 Å². The minimum atomic E-state index is -0.129. The van der Waals surface area contributed by atoms with Gasteiger partial charge in [0.25, 0.3) is 0 Å². The number of imidazole rings is 1. The summed E-state index contributed by atoms with van der Waals surface area (Å²) in [4.78, 5) is 17.6. The van der Waals surface area contributed by atoms with Gasteiger partial charge in [-0.2, -0.15) is 0 Å². The lowest BCUT2D eigenvalue weighted by Gasteiger charge is -2.12. The number of nitrogens with one attached hydrogen (secondary N) is 1. The van der Waals surface area contributed by atoms with E-state index in [1.54, 1.807) is 18.0 Å². The van der Waals surface area contributed by atoms with Crippen LogP contribution < -0.4 is 5.32 Å². The summed E-state index contributed by atoms with van der Waals surface area (Å²) >= 11 is 1.57. The molecule has 3 aromatic rings. The van der Waals surface area contributed by atoms with E-state index in [2.05, 4.69) is 10.3 Å². The zero-order valence-electron chi connectivity index (χ0n) is 14.3. The van der Waals surface area contributed by atoms with E-state index >= 15 is 0 Å². The molecular weight excluding hydrogens is 330 g/mol. The quantitative estimate of drug-likeness (QED) is 0.684. The summed E-state index contributed by atoms with van der Waals surface area (Å²) in [6.45, 7) is 4.43. The van der Waals surface area contributed by atoms with Crippen LogP contribution in [0.15, 0.2) is 71.9 Å². The standard InChI is InChI=1S/C20H21N3OS/c1-15(25-19-6-4-3-5-7-19)20(24)22-14-17-8-10-18(11-9-17)23-13-12-21-16(23)2/h3-13,15H,14H2,1-2H3,(H,22,24)/t15-/m1/s1. The molecule has 1 N–H and O–H groups in total. The second kappa shape index (κ2) is 8.03. The van der Waals surface area contributed by atoms with Gasteiger partial charge in [-0.3, -0.25) is 4.79 Å². The number of nitrogens with zero attached hydrogens (tertiary/aromatic N) is 2. The first-order chi connectivity index (χ1) is 12.1. The fourth-order valence-electron chi connectivity index (χ4n) is 2.51. The second-order valence-corrected chi connectivity index (χ2v) is 7.22. The Bertz CT molecular complexity index is 828. The number of hydrogen-bond donors (Lipinski definition) is 1. The smallest absolute Gasteiger partial charge is 0.233 e. The Morgan fingerprint density at radius 1 is 1.16 bits per heavy atom. The third-order valence-electron chi connectivity index (χ3n) is 3.93. The summed E-state index contributed by atoms with van der Waals surface area (Å²) in [6.07, 6.45) is 3.73. The minimum absolute atomic E-state index is 0.0448. The predicted molar refractivity (Wildman–Crippen MR) is 102 cm³/mol. The van der Waals surface area contributed by atoms with Crippen molar-refractivity contribution in [2.45, 2.75) is 30.5 Å². The molecule has 25 heavy (non-hydrogen) atoms. The van der Waals surface area contributed by atoms with Gasteiger partial charge >= 0.3 is 0 Å². The summed E-state index contributed by atoms with van der Waals surface area (Å²) in [5, 5.41) is 2.88. The number of aryl methyl sites for hydroxylation is 1. The lowest BCUT2D eigenvalue weighted by molar-refractivity contribution is -0.120. The summed E-state index contributed by atoms with van der Waals surface area (Å²) in [7, 11) is 0. The molecule has 0 unspecified atom stereocenters. The summed E-state index contributed by atoms with van der Waals surface area (Å²) in [5.41, 5.74) is 2.14. The highest BCUT2D eigenvalue weighted by Crippen LogP contribution is 2.22. The third-order valence-corrected chi connectivity index (χ3v) is 5.04. The van der Waals surface area contributed by atoms with Crippen molar-refractivity contribution in [2.75, 3.05) is 0 Å². The van der Waals surface area contributed by atoms with Crippen LogP contribution in [-0.2, 0) is 11.3 Å². The number of benzene rings is 2. The van der Waals surface area contributed by atoms with Crippen LogP contribution in [0.3, 0.4) is 0 Å². The lowest BCUT2D eigenvalue weighted by Crippen LogP contribution is -2.30. The van der Waals surface area contributed by atoms with Crippen LogP contribution in [0.2, 0.25) is 0 Å². The monoisotopic (exact) mass is 351 g/mol. The molecule has 3 rings (SSSR count). The molecule has 1 heterocycles. The fraction of sp³-hybridized carbons (Fsp3) is 0.200. The second-order valence-electron chi connectivity index (χ2n) is 5.80. The summed E-state index contributed by atoms with van der Waals surface area (Å²) < 4.78 is 2.03. The van der Waals surface area contributed by atoms with Crippen LogP contribution in [0.25, 0.3) is 5.69 Å². The molecular formula is C20H21N3OS. The number of carbonyl (C=O) groups is 1. The summed E-state index contributed by atoms with van der Waals surface area (Å²) in [6, 6.07) is 18.1. The average Bonchev–Trinajstić information content (AvgIpc) is 3.07. The topological polar surface area (TPSA) is 46.9 Å². The average molecular weight is 351 g/mol. The molecule has 0 fully saturated rings. The van der Waals surface area contributed by atoms with E-state index in [4.69, 9.17) is 0 Å². The van der Waals surface area contributed by atoms with E-state index in [0.29, 0.717) is 6.54 Å². The van der Waals surface area contributed by atoms with Crippen molar-refractivity contribution < 1.29 is 4.79 Å². The van der Waals surface area contributed by atoms with Gasteiger partial charge in [0.15, 0.2) is 0 Å². The normalized spacial score (nSPS) is 11.9. The van der Waals surface area contributed by atoms with Crippen molar-refractivity contribution in [3.05, 3.63) is 78.4 Å². The molecule has 0 aliphatic rings. The number of thioether (sulfide) groups is 1. The minimum Gasteiger partial charge on any atom is -0.351 e. The van der Waals surface area contributed by atoms with Gasteiger partial charge < -0.3 is 9.88 Å². The Labute approximate surface area is 152 Å². The first kappa shape index (κ1) is 17.3. The maximum absolute atomic E-state index is 12.3. The molecule has 1 amide bonds. The molecule has 0 bridgehead atoms. The van der Waals surface area contributed by atoms with Gasteiger partial charge in [-0.25, -0.2) is 4.98 Å². The van der Waals surface area contributed by atoms with Gasteiger partial charge in [-0.05, 0) is 43.7 Å². The number of hydrogen-bond acceptors (Lipinski definition) is 3. The highest BCUT2D eigenvalue weighted by molar-refractivity contribution is 8.00. The van der Waals surface area contributed by atoms with Crippen LogP contribution in [0.5, 0.6) is 0 Å². The van der Waals surface area contributed by atoms with Crippen molar-refractivity contribution in [3.63, 3.8) is 0 Å². The van der Waals surface area contributed by atoms with Gasteiger partial charge in [-0.1, -0.05) is 30.3 Å². The number of rotatable bonds is 6. The molecule has 0 saturated carbocycles. The largest absolute Gasteiger partial charge is 0.351 e. The summed E-state index contributed by atoms with van der Waals surface area (Å²) in [5.74, 6) is 0.996. The maximum atomic E-state index is 12.3. The zero-order valence-corrected chi connectivity index (χ0v) is 15.2. The predicted octanol–water partition coefficient (Wildman–Crippen LogP) is 3.98. The van der Waals surface area contributed by atoms with Crippen LogP contribution in [-0.4, -0.2) is 20.7 Å². The number of aromatic nitrogens is 2. The van der Waals surface area contributed by atoms with Gasteiger partial charge in [0.1, 0.15) is 5.82 Å². The Morgan fingerprint density at radius 3 is 2.52 bits per heavy atom. The van der Waals surface area contributed by atoms with Gasteiger partial charge in [0, 0.05) is 29.5 Å². The van der Waals surface area contributed by atoms with E-state index in [-0.39, 0.29) is 11.2 Å². The van der Waals surface area contributed by atoms with E-state index < -0.39 is 0 Å². The molecule has 2 aromatic carbocycles. The van der Waals surface area contributed by atoms with E-state index in [9.17, 15) is 4.79 Å². The van der Waals surface area contributed by atoms with Crippen LogP contribution in [0.1, 0.15) is 18.3 Å². The van der Waals surface area contributed by atoms with Crippen molar-refractivity contribution in [1.82, 2.24) is 14.9 Å². The molecule has 128 valence electrons. The first-order valence-corrected chi connectivity index (χ1v) is 9.10. The van der Waals surface area contributed by atoms with E-state index in [1.807, 2.05) is 79.2 Å². The SMILES string of the molecule is Cc1nccn1-c1ccc(CNC(=O)[C@@H](C)Sc2ccccc2)cc1. The van der Waals surface area contributed by atoms with Crippen LogP contribution >= 0.6 is 11.8 Å². The molecule has 0 radical (unpaired) electrons. The Morgan fingerprint density at radius 2 is 1.88 bits per heavy atom. The molecule has 1 atom stereocenters. The Hall–Kier alpha value is -2.53. The van der Waals surface area contributed by atoms with Gasteiger partial charge in [0.2, 0.25) is 5.91 Å². The van der Waals surface area contributed by atoms with Gasteiger partial charge in [-0.15, -0.1) is 11.8 Å². The van der Waals surface area contributed by atoms with Gasteiger partial charge in [0.05, 0.1) is 5.25 Å². The van der Waals surface area contributed by atoms with Crippen molar-refractivity contribution in [1.29, 1.82) is 0 Å². The van der Waals surface area contributed by atoms with Crippen molar-refractivity contribution in [3.8, 4) is 5.69 Å². The van der Waals surface area contributed by atoms with E-state index in [0.717, 1.165) is 22.0 Å². The van der Waals surface area contributed by atoms with E-state index in [1.165, 1.54) is 0 Å². The number of carbonyl (C=O) groups excluding carboxylic acids is 1. The number of amides is 1. The molecule has 4 nitrogen and oxygen atoms in total. The zero-order chi connectivity index (χ0) is 17.6. The maximum Gasteiger partial charge on any atom is 0.233 e. The molecule has 1 aromatic heterocycles. The Balaban J connectivity index is 1.54. The molecule has 0 aliphatic heterocycles. The lowest BCUT2D eigenvalue weighted by atomic mass is 10.2. The molecule has 5 heteroatoms. The Kier molecular flexibility index (Phi) is 5.56. The highest BCUT2D eigenvalue weighted by Gasteiger charge is 2.13. The van der Waals surface area contributed by atoms with Crippen LogP contribution in [0, 0.1) is 6.92 Å². The third kappa shape index (κ3) is 4.51. The van der Waals surface area contributed by atoms with Crippen molar-refractivity contribution >= 4 is 17.7 Å². The molecule has 0 spiro atoms. The van der Waals surface area contributed by atoms with Crippen LogP contribution in [0.4, 0.5) is 0 Å². The first-order valence-electron chi connectivity index (χ1n) is 8.22. The highest BCUT2D eigenvalue weighted by atomic mass is 32.2. The molecule has 0 saturated heterocycles.